The molecule has 1 atom stereocenters. The molecule has 2 N–H and O–H groups in total. The van der Waals surface area contributed by atoms with Crippen LogP contribution in [0.1, 0.15) is 75.5 Å². The highest BCUT2D eigenvalue weighted by molar-refractivity contribution is 5.91. The standard InChI is InChI=1S/C38H46F4N8O3/c1-23-20-49(12-6-7-31(51)52)13-14-50(23)36-28(39)16-26(19-44-36)34-46-33-30(48(2)21-37(22-53-3)10-4-5-11-37)17-29(45-35(33)47-34)25-15-27(38(40,41)42)32(43-18-25)24-8-9-24/h15-19,23-24H,4-14,20-22H2,1-3H3,(H,51,52)(H,45,46,47)/t23-/m1/s1. The number of hydrogen-bond acceptors (Lipinski definition) is 9. The Hall–Kier alpha value is -4.37. The molecule has 1 aliphatic heterocycles. The molecule has 0 bridgehead atoms. The van der Waals surface area contributed by atoms with E-state index in [9.17, 15) is 18.0 Å². The van der Waals surface area contributed by atoms with Crippen molar-refractivity contribution >= 4 is 28.6 Å². The maximum Gasteiger partial charge on any atom is 0.418 e. The predicted octanol–water partition coefficient (Wildman–Crippen LogP) is 7.14. The second kappa shape index (κ2) is 14.8. The molecule has 2 aliphatic carbocycles. The first-order chi connectivity index (χ1) is 25.3. The van der Waals surface area contributed by atoms with Crippen LogP contribution in [-0.2, 0) is 15.7 Å². The molecular formula is C38H46F4N8O3. The zero-order valence-electron chi connectivity index (χ0n) is 30.3. The first-order valence-electron chi connectivity index (χ1n) is 18.4. The summed E-state index contributed by atoms with van der Waals surface area (Å²) < 4.78 is 64.3. The number of pyridine rings is 3. The average molecular weight is 739 g/mol. The first kappa shape index (κ1) is 37.0. The third-order valence-electron chi connectivity index (χ3n) is 11.0. The minimum Gasteiger partial charge on any atom is -0.481 e. The molecule has 15 heteroatoms. The van der Waals surface area contributed by atoms with Gasteiger partial charge in [-0.1, -0.05) is 12.8 Å². The van der Waals surface area contributed by atoms with Gasteiger partial charge in [0.1, 0.15) is 11.3 Å². The Bertz CT molecular complexity index is 1960. The minimum atomic E-state index is -4.56. The predicted molar refractivity (Wildman–Crippen MR) is 193 cm³/mol. The molecule has 7 rings (SSSR count). The second-order valence-electron chi connectivity index (χ2n) is 15.1. The molecule has 11 nitrogen and oxygen atoms in total. The van der Waals surface area contributed by atoms with E-state index in [-0.39, 0.29) is 46.5 Å². The summed E-state index contributed by atoms with van der Waals surface area (Å²) in [6, 6.07) is 4.27. The van der Waals surface area contributed by atoms with Crippen molar-refractivity contribution in [2.45, 2.75) is 76.4 Å². The number of rotatable bonds is 13. The molecule has 0 spiro atoms. The van der Waals surface area contributed by atoms with Crippen molar-refractivity contribution in [3.05, 3.63) is 47.7 Å². The molecule has 1 saturated heterocycles. The van der Waals surface area contributed by atoms with Gasteiger partial charge in [-0.2, -0.15) is 13.2 Å². The van der Waals surface area contributed by atoms with Gasteiger partial charge >= 0.3 is 12.1 Å². The number of H-pyrrole nitrogens is 1. The van der Waals surface area contributed by atoms with Crippen molar-refractivity contribution in [3.8, 4) is 22.6 Å². The Labute approximate surface area is 305 Å². The highest BCUT2D eigenvalue weighted by Gasteiger charge is 2.40. The Morgan fingerprint density at radius 3 is 2.51 bits per heavy atom. The van der Waals surface area contributed by atoms with Crippen LogP contribution in [0.15, 0.2) is 30.6 Å². The SMILES string of the molecule is COCC1(CN(C)c2cc(-c3cnc(C4CC4)c(C(F)(F)F)c3)nc3nc(-c4cnc(N5CCN(CCCC(=O)O)C[C@H]5C)c(F)c4)[nH]c23)CCCC1. The number of fused-ring (bicyclic) bond motifs is 1. The summed E-state index contributed by atoms with van der Waals surface area (Å²) in [7, 11) is 3.65. The Morgan fingerprint density at radius 2 is 1.85 bits per heavy atom. The van der Waals surface area contributed by atoms with E-state index in [1.807, 2.05) is 18.9 Å². The number of anilines is 2. The summed E-state index contributed by atoms with van der Waals surface area (Å²) >= 11 is 0. The van der Waals surface area contributed by atoms with Crippen LogP contribution in [0.3, 0.4) is 0 Å². The monoisotopic (exact) mass is 738 g/mol. The number of alkyl halides is 3. The van der Waals surface area contributed by atoms with E-state index >= 15 is 4.39 Å². The molecule has 4 aromatic heterocycles. The highest BCUT2D eigenvalue weighted by Crippen LogP contribution is 2.46. The van der Waals surface area contributed by atoms with Crippen molar-refractivity contribution in [3.63, 3.8) is 0 Å². The zero-order chi connectivity index (χ0) is 37.5. The van der Waals surface area contributed by atoms with E-state index in [2.05, 4.69) is 24.8 Å². The van der Waals surface area contributed by atoms with Gasteiger partial charge in [-0.05, 0) is 63.8 Å². The molecule has 0 amide bonds. The summed E-state index contributed by atoms with van der Waals surface area (Å²) in [5.74, 6) is -0.949. The number of hydrogen-bond donors (Lipinski definition) is 2. The van der Waals surface area contributed by atoms with E-state index in [0.717, 1.165) is 31.7 Å². The Kier molecular flexibility index (Phi) is 10.3. The number of aromatic amines is 1. The van der Waals surface area contributed by atoms with E-state index in [4.69, 9.17) is 19.8 Å². The third-order valence-corrected chi connectivity index (χ3v) is 11.0. The summed E-state index contributed by atoms with van der Waals surface area (Å²) in [5.41, 5.74) is 1.77. The van der Waals surface area contributed by atoms with Gasteiger partial charge in [-0.15, -0.1) is 0 Å². The molecule has 5 heterocycles. The van der Waals surface area contributed by atoms with Crippen LogP contribution in [-0.4, -0.2) is 100 Å². The van der Waals surface area contributed by atoms with Gasteiger partial charge in [-0.25, -0.2) is 19.3 Å². The van der Waals surface area contributed by atoms with Crippen LogP contribution in [0.25, 0.3) is 33.8 Å². The number of ether oxygens (including phenoxy) is 1. The average Bonchev–Trinajstić information content (AvgIpc) is 3.71. The van der Waals surface area contributed by atoms with Gasteiger partial charge in [0, 0.05) is 87.7 Å². The summed E-state index contributed by atoms with van der Waals surface area (Å²) in [6.45, 7) is 5.76. The number of carboxylic acid groups (broad SMARTS) is 1. The molecule has 3 aliphatic rings. The maximum atomic E-state index is 15.8. The van der Waals surface area contributed by atoms with E-state index < -0.39 is 23.5 Å². The molecular weight excluding hydrogens is 692 g/mol. The maximum absolute atomic E-state index is 15.8. The number of methoxy groups -OCH3 is 1. The van der Waals surface area contributed by atoms with Gasteiger partial charge in [0.25, 0.3) is 0 Å². The number of nitrogens with zero attached hydrogens (tertiary/aromatic N) is 7. The quantitative estimate of drug-likeness (QED) is 0.137. The van der Waals surface area contributed by atoms with Crippen molar-refractivity contribution in [2.24, 2.45) is 5.41 Å². The normalized spacial score (nSPS) is 19.3. The van der Waals surface area contributed by atoms with Gasteiger partial charge in [0.05, 0.1) is 29.2 Å². The van der Waals surface area contributed by atoms with Crippen molar-refractivity contribution in [2.75, 3.05) is 63.3 Å². The molecule has 0 radical (unpaired) electrons. The number of nitrogens with one attached hydrogen (secondary N) is 1. The Morgan fingerprint density at radius 1 is 1.09 bits per heavy atom. The number of aromatic nitrogens is 5. The van der Waals surface area contributed by atoms with Gasteiger partial charge in [0.15, 0.2) is 17.3 Å². The third kappa shape index (κ3) is 7.96. The fourth-order valence-electron chi connectivity index (χ4n) is 8.23. The van der Waals surface area contributed by atoms with Crippen LogP contribution in [0.5, 0.6) is 0 Å². The molecule has 53 heavy (non-hydrogen) atoms. The van der Waals surface area contributed by atoms with E-state index in [1.54, 1.807) is 19.4 Å². The van der Waals surface area contributed by atoms with Crippen LogP contribution in [0.4, 0.5) is 29.1 Å². The first-order valence-corrected chi connectivity index (χ1v) is 18.4. The van der Waals surface area contributed by atoms with E-state index in [1.165, 1.54) is 12.3 Å². The lowest BCUT2D eigenvalue weighted by molar-refractivity contribution is -0.139. The minimum absolute atomic E-state index is 0.0414. The fraction of sp³-hybridized carbons (Fsp3) is 0.553. The van der Waals surface area contributed by atoms with Crippen molar-refractivity contribution < 1.29 is 32.2 Å². The van der Waals surface area contributed by atoms with Gasteiger partial charge < -0.3 is 24.6 Å². The van der Waals surface area contributed by atoms with Gasteiger partial charge in [-0.3, -0.25) is 14.7 Å². The lowest BCUT2D eigenvalue weighted by Crippen LogP contribution is -2.52. The smallest absolute Gasteiger partial charge is 0.418 e. The topological polar surface area (TPSA) is 124 Å². The summed E-state index contributed by atoms with van der Waals surface area (Å²) in [5, 5.41) is 8.97. The number of halogens is 4. The van der Waals surface area contributed by atoms with Crippen molar-refractivity contribution in [1.29, 1.82) is 0 Å². The van der Waals surface area contributed by atoms with Crippen LogP contribution < -0.4 is 9.80 Å². The van der Waals surface area contributed by atoms with Gasteiger partial charge in [0.2, 0.25) is 0 Å². The highest BCUT2D eigenvalue weighted by atomic mass is 19.4. The number of aliphatic carboxylic acids is 1. The number of imidazole rings is 1. The van der Waals surface area contributed by atoms with Crippen molar-refractivity contribution in [1.82, 2.24) is 29.8 Å². The number of carboxylic acids is 1. The molecule has 2 saturated carbocycles. The van der Waals surface area contributed by atoms with E-state index in [0.29, 0.717) is 86.9 Å². The fourth-order valence-corrected chi connectivity index (χ4v) is 8.23. The second-order valence-corrected chi connectivity index (χ2v) is 15.1. The van der Waals surface area contributed by atoms with Crippen LogP contribution in [0, 0.1) is 11.2 Å². The molecule has 284 valence electrons. The number of piperazine rings is 1. The largest absolute Gasteiger partial charge is 0.481 e. The Balaban J connectivity index is 1.22. The molecule has 3 fully saturated rings. The van der Waals surface area contributed by atoms with Crippen LogP contribution >= 0.6 is 0 Å². The summed E-state index contributed by atoms with van der Waals surface area (Å²) in [4.78, 5) is 38.7. The lowest BCUT2D eigenvalue weighted by Gasteiger charge is -2.40. The van der Waals surface area contributed by atoms with Crippen LogP contribution in [0.2, 0.25) is 0 Å². The summed E-state index contributed by atoms with van der Waals surface area (Å²) in [6.07, 6.45) is 4.70. The molecule has 4 aromatic rings. The molecule has 0 aromatic carbocycles. The molecule has 0 unspecified atom stereocenters. The lowest BCUT2D eigenvalue weighted by atomic mass is 9.86. The zero-order valence-corrected chi connectivity index (χ0v) is 30.3. The number of carbonyl (C=O) groups is 1.